The summed E-state index contributed by atoms with van der Waals surface area (Å²) >= 11 is 0. The molecule has 0 aromatic heterocycles. The third-order valence-corrected chi connectivity index (χ3v) is 5.42. The number of carbonyl (C=O) groups is 3. The number of rotatable bonds is 5. The van der Waals surface area contributed by atoms with Crippen molar-refractivity contribution in [3.63, 3.8) is 0 Å². The van der Waals surface area contributed by atoms with Crippen molar-refractivity contribution in [1.29, 1.82) is 0 Å². The fourth-order valence-corrected chi connectivity index (χ4v) is 3.73. The van der Waals surface area contributed by atoms with Crippen molar-refractivity contribution < 1.29 is 24.2 Å². The van der Waals surface area contributed by atoms with Crippen LogP contribution < -0.4 is 5.32 Å². The van der Waals surface area contributed by atoms with E-state index in [9.17, 15) is 14.4 Å². The maximum Gasteiger partial charge on any atom is 0.316 e. The lowest BCUT2D eigenvalue weighted by Crippen LogP contribution is -2.37. The molecule has 24 heavy (non-hydrogen) atoms. The molecule has 6 heteroatoms. The van der Waals surface area contributed by atoms with Crippen molar-refractivity contribution in [2.24, 2.45) is 29.6 Å². The normalized spacial score (nSPS) is 33.4. The molecular weight excluding hydrogens is 310 g/mol. The molecule has 1 saturated carbocycles. The van der Waals surface area contributed by atoms with E-state index in [-0.39, 0.29) is 17.7 Å². The molecule has 2 N–H and O–H groups in total. The average molecular weight is 337 g/mol. The molecule has 1 saturated heterocycles. The molecule has 1 aliphatic heterocycles. The van der Waals surface area contributed by atoms with Gasteiger partial charge >= 0.3 is 11.9 Å². The van der Waals surface area contributed by atoms with E-state index in [1.807, 2.05) is 0 Å². The van der Waals surface area contributed by atoms with Crippen molar-refractivity contribution in [2.45, 2.75) is 52.6 Å². The van der Waals surface area contributed by atoms with Crippen LogP contribution in [0.5, 0.6) is 0 Å². The van der Waals surface area contributed by atoms with Crippen LogP contribution in [0.2, 0.25) is 0 Å². The largest absolute Gasteiger partial charge is 0.481 e. The molecule has 134 valence electrons. The monoisotopic (exact) mass is 337 g/mol. The van der Waals surface area contributed by atoms with Gasteiger partial charge < -0.3 is 15.2 Å². The molecule has 0 bridgehead atoms. The number of hydrogen-bond acceptors (Lipinski definition) is 4. The number of ether oxygens (including phenoxy) is 1. The maximum absolute atomic E-state index is 12.6. The summed E-state index contributed by atoms with van der Waals surface area (Å²) in [4.78, 5) is 35.5. The van der Waals surface area contributed by atoms with Gasteiger partial charge in [-0.15, -0.1) is 0 Å². The van der Waals surface area contributed by atoms with Crippen molar-refractivity contribution in [1.82, 2.24) is 5.32 Å². The first-order valence-corrected chi connectivity index (χ1v) is 8.62. The molecule has 0 spiro atoms. The van der Waals surface area contributed by atoms with E-state index in [0.717, 1.165) is 19.3 Å². The molecule has 1 aliphatic carbocycles. The second-order valence-electron chi connectivity index (χ2n) is 7.47. The molecule has 1 amide bonds. The number of esters is 1. The first-order chi connectivity index (χ1) is 11.2. The Morgan fingerprint density at radius 1 is 1.38 bits per heavy atom. The highest BCUT2D eigenvalue weighted by atomic mass is 16.5. The van der Waals surface area contributed by atoms with Gasteiger partial charge in [0.1, 0.15) is 12.0 Å². The lowest BCUT2D eigenvalue weighted by Gasteiger charge is -2.36. The van der Waals surface area contributed by atoms with E-state index in [1.165, 1.54) is 0 Å². The van der Waals surface area contributed by atoms with Gasteiger partial charge in [0.05, 0.1) is 12.3 Å². The van der Waals surface area contributed by atoms with E-state index in [1.54, 1.807) is 0 Å². The second-order valence-corrected chi connectivity index (χ2v) is 7.47. The number of aliphatic carboxylic acids is 1. The predicted molar refractivity (Wildman–Crippen MR) is 87.7 cm³/mol. The summed E-state index contributed by atoms with van der Waals surface area (Å²) in [7, 11) is 0. The Labute approximate surface area is 142 Å². The van der Waals surface area contributed by atoms with Gasteiger partial charge in [-0.05, 0) is 37.0 Å². The number of carboxylic acid groups (broad SMARTS) is 1. The zero-order valence-electron chi connectivity index (χ0n) is 14.6. The third kappa shape index (κ3) is 3.97. The molecule has 0 radical (unpaired) electrons. The van der Waals surface area contributed by atoms with E-state index in [2.05, 4.69) is 32.7 Å². The quantitative estimate of drug-likeness (QED) is 0.751. The van der Waals surface area contributed by atoms with Crippen molar-refractivity contribution in [2.75, 3.05) is 0 Å². The van der Waals surface area contributed by atoms with Gasteiger partial charge in [0.25, 0.3) is 0 Å². The number of carbonyl (C=O) groups excluding carboxylic acids is 2. The Kier molecular flexibility index (Phi) is 5.67. The van der Waals surface area contributed by atoms with Crippen LogP contribution in [0.4, 0.5) is 0 Å². The highest BCUT2D eigenvalue weighted by Gasteiger charge is 2.45. The third-order valence-electron chi connectivity index (χ3n) is 5.42. The molecule has 0 aromatic carbocycles. The van der Waals surface area contributed by atoms with Crippen LogP contribution in [0.15, 0.2) is 12.3 Å². The fourth-order valence-electron chi connectivity index (χ4n) is 3.73. The standard InChI is InChI=1S/C18H27NO5/c1-9(2)12-6-5-10(3)14(7-12)24-18(23)16-11(4)19-17(22)13(16)8-15(20)21/h9-10,12-14,16H,4-8H2,1-3H3,(H,19,22)(H,20,21)/t10-,12-,13-,14-,16+/m1/s1. The minimum Gasteiger partial charge on any atom is -0.481 e. The number of nitrogens with one attached hydrogen (secondary N) is 1. The van der Waals surface area contributed by atoms with Crippen molar-refractivity contribution in [3.05, 3.63) is 12.3 Å². The second kappa shape index (κ2) is 7.36. The van der Waals surface area contributed by atoms with E-state index in [4.69, 9.17) is 9.84 Å². The van der Waals surface area contributed by atoms with Gasteiger partial charge in [-0.2, -0.15) is 0 Å². The summed E-state index contributed by atoms with van der Waals surface area (Å²) in [5.41, 5.74) is 0.236. The molecule has 2 rings (SSSR count). The van der Waals surface area contributed by atoms with Crippen LogP contribution in [0.3, 0.4) is 0 Å². The molecule has 0 aromatic rings. The van der Waals surface area contributed by atoms with Gasteiger partial charge in [-0.25, -0.2) is 0 Å². The van der Waals surface area contributed by atoms with Crippen LogP contribution in [-0.2, 0) is 19.1 Å². The Morgan fingerprint density at radius 2 is 2.04 bits per heavy atom. The lowest BCUT2D eigenvalue weighted by molar-refractivity contribution is -0.161. The molecule has 5 atom stereocenters. The summed E-state index contributed by atoms with van der Waals surface area (Å²) < 4.78 is 5.71. The zero-order valence-corrected chi connectivity index (χ0v) is 14.6. The highest BCUT2D eigenvalue weighted by molar-refractivity contribution is 5.95. The van der Waals surface area contributed by atoms with Gasteiger partial charge in [0.15, 0.2) is 0 Å². The summed E-state index contributed by atoms with van der Waals surface area (Å²) in [6, 6.07) is 0. The minimum absolute atomic E-state index is 0.187. The fraction of sp³-hybridized carbons (Fsp3) is 0.722. The van der Waals surface area contributed by atoms with Crippen molar-refractivity contribution >= 4 is 17.8 Å². The maximum atomic E-state index is 12.6. The number of amides is 1. The Bertz CT molecular complexity index is 542. The summed E-state index contributed by atoms with van der Waals surface area (Å²) in [5.74, 6) is -2.67. The summed E-state index contributed by atoms with van der Waals surface area (Å²) in [5, 5.41) is 11.5. The first-order valence-electron chi connectivity index (χ1n) is 8.62. The van der Waals surface area contributed by atoms with Gasteiger partial charge in [-0.3, -0.25) is 14.4 Å². The topological polar surface area (TPSA) is 92.7 Å². The van der Waals surface area contributed by atoms with Gasteiger partial charge in [0, 0.05) is 5.70 Å². The molecule has 2 aliphatic rings. The molecule has 1 heterocycles. The minimum atomic E-state index is -1.12. The van der Waals surface area contributed by atoms with E-state index < -0.39 is 36.1 Å². The number of carboxylic acids is 1. The first kappa shape index (κ1) is 18.5. The zero-order chi connectivity index (χ0) is 18.0. The number of hydrogen-bond donors (Lipinski definition) is 2. The summed E-state index contributed by atoms with van der Waals surface area (Å²) in [6.07, 6.45) is 2.36. The molecule has 6 nitrogen and oxygen atoms in total. The van der Waals surface area contributed by atoms with E-state index >= 15 is 0 Å². The Hall–Kier alpha value is -1.85. The van der Waals surface area contributed by atoms with Gasteiger partial charge in [0.2, 0.25) is 5.91 Å². The van der Waals surface area contributed by atoms with Crippen LogP contribution in [-0.4, -0.2) is 29.1 Å². The molecule has 2 fully saturated rings. The van der Waals surface area contributed by atoms with Crippen LogP contribution >= 0.6 is 0 Å². The van der Waals surface area contributed by atoms with Crippen LogP contribution in [0.25, 0.3) is 0 Å². The average Bonchev–Trinajstić information content (AvgIpc) is 2.74. The highest BCUT2D eigenvalue weighted by Crippen LogP contribution is 2.37. The Balaban J connectivity index is 2.07. The molecular formula is C18H27NO5. The summed E-state index contributed by atoms with van der Waals surface area (Å²) in [6.45, 7) is 10.1. The van der Waals surface area contributed by atoms with Gasteiger partial charge in [-0.1, -0.05) is 27.4 Å². The SMILES string of the molecule is C=C1NC(=O)[C@H](CC(=O)O)[C@H]1C(=O)O[C@@H]1C[C@H](C(C)C)CC[C@H]1C. The lowest BCUT2D eigenvalue weighted by atomic mass is 9.76. The predicted octanol–water partition coefficient (Wildman–Crippen LogP) is 2.34. The molecule has 0 unspecified atom stereocenters. The van der Waals surface area contributed by atoms with Crippen LogP contribution in [0.1, 0.15) is 46.5 Å². The van der Waals surface area contributed by atoms with E-state index in [0.29, 0.717) is 11.8 Å². The van der Waals surface area contributed by atoms with Crippen molar-refractivity contribution in [3.8, 4) is 0 Å². The smallest absolute Gasteiger partial charge is 0.316 e. The van der Waals surface area contributed by atoms with Crippen LogP contribution in [0, 0.1) is 29.6 Å². The Morgan fingerprint density at radius 3 is 2.62 bits per heavy atom.